The van der Waals surface area contributed by atoms with Crippen molar-refractivity contribution in [2.24, 2.45) is 0 Å². The monoisotopic (exact) mass is 468 g/mol. The smallest absolute Gasteiger partial charge is 0.333 e. The van der Waals surface area contributed by atoms with Crippen LogP contribution >= 0.6 is 0 Å². The van der Waals surface area contributed by atoms with Gasteiger partial charge in [0.15, 0.2) is 6.10 Å². The highest BCUT2D eigenvalue weighted by atomic mass is 16.5. The summed E-state index contributed by atoms with van der Waals surface area (Å²) in [5.74, 6) is -0.326. The van der Waals surface area contributed by atoms with Crippen LogP contribution < -0.4 is 10.1 Å². The van der Waals surface area contributed by atoms with E-state index < -0.39 is 12.1 Å². The van der Waals surface area contributed by atoms with Gasteiger partial charge in [0, 0.05) is 39.8 Å². The Morgan fingerprint density at radius 3 is 2.39 bits per heavy atom. The number of amides is 2. The van der Waals surface area contributed by atoms with Gasteiger partial charge in [-0.05, 0) is 31.0 Å². The number of hydrogen-bond acceptors (Lipinski definition) is 6. The predicted octanol–water partition coefficient (Wildman–Crippen LogP) is 2.96. The lowest BCUT2D eigenvalue weighted by molar-refractivity contribution is -0.149. The number of nitrogens with zero attached hydrogens (tertiary/aromatic N) is 1. The van der Waals surface area contributed by atoms with E-state index in [-0.39, 0.29) is 12.5 Å². The van der Waals surface area contributed by atoms with Crippen LogP contribution in [0.15, 0.2) is 24.3 Å². The van der Waals surface area contributed by atoms with Crippen LogP contribution in [0.2, 0.25) is 0 Å². The van der Waals surface area contributed by atoms with Gasteiger partial charge < -0.3 is 34.3 Å². The number of unbranched alkanes of at least 4 members (excludes halogenated alkanes) is 2. The fourth-order valence-electron chi connectivity index (χ4n) is 3.05. The van der Waals surface area contributed by atoms with Crippen molar-refractivity contribution in [3.8, 4) is 5.75 Å². The molecule has 2 N–H and O–H groups in total. The van der Waals surface area contributed by atoms with Crippen LogP contribution in [0.1, 0.15) is 38.7 Å². The van der Waals surface area contributed by atoms with Crippen LogP contribution in [0.3, 0.4) is 0 Å². The highest BCUT2D eigenvalue weighted by Gasteiger charge is 2.18. The van der Waals surface area contributed by atoms with Crippen molar-refractivity contribution in [1.29, 1.82) is 0 Å². The summed E-state index contributed by atoms with van der Waals surface area (Å²) in [6, 6.07) is 7.05. The summed E-state index contributed by atoms with van der Waals surface area (Å²) in [5.41, 5.74) is 0.850. The molecule has 33 heavy (non-hydrogen) atoms. The summed E-state index contributed by atoms with van der Waals surface area (Å²) >= 11 is 0. The summed E-state index contributed by atoms with van der Waals surface area (Å²) in [6.07, 6.45) is 2.72. The van der Waals surface area contributed by atoms with Gasteiger partial charge in [0.25, 0.3) is 0 Å². The number of aliphatic carboxylic acids is 1. The molecule has 0 aliphatic heterocycles. The number of ether oxygens (including phenoxy) is 4. The first-order valence-electron chi connectivity index (χ1n) is 11.7. The number of carbonyl (C=O) groups excluding carboxylic acids is 1. The molecule has 0 heterocycles. The average molecular weight is 469 g/mol. The van der Waals surface area contributed by atoms with E-state index in [2.05, 4.69) is 12.2 Å². The molecule has 0 aromatic heterocycles. The molecule has 9 nitrogen and oxygen atoms in total. The maximum absolute atomic E-state index is 12.5. The Bertz CT molecular complexity index is 655. The lowest BCUT2D eigenvalue weighted by atomic mass is 10.1. The number of nitrogens with one attached hydrogen (secondary N) is 1. The number of carboxylic acids is 1. The number of urea groups is 1. The summed E-state index contributed by atoms with van der Waals surface area (Å²) in [7, 11) is 1.59. The van der Waals surface area contributed by atoms with Crippen LogP contribution in [0.5, 0.6) is 5.75 Å². The molecule has 1 aromatic carbocycles. The van der Waals surface area contributed by atoms with Gasteiger partial charge in [-0.25, -0.2) is 9.59 Å². The van der Waals surface area contributed by atoms with Gasteiger partial charge in [-0.1, -0.05) is 31.9 Å². The largest absolute Gasteiger partial charge is 0.492 e. The standard InChI is InChI=1S/C24H40N2O7/c1-4-6-7-15-31-17-13-26(24(29)25-12-16-30-3)14-18-33-21-10-8-20(9-11-21)19-22(23(27)28)32-5-2/h8-11,22H,4-7,12-19H2,1-3H3,(H,25,29)(H,27,28). The maximum atomic E-state index is 12.5. The molecule has 188 valence electrons. The summed E-state index contributed by atoms with van der Waals surface area (Å²) in [5, 5.41) is 12.0. The van der Waals surface area contributed by atoms with E-state index in [9.17, 15) is 14.7 Å². The Morgan fingerprint density at radius 1 is 1.03 bits per heavy atom. The molecule has 0 saturated heterocycles. The second kappa shape index (κ2) is 18.1. The normalized spacial score (nSPS) is 11.7. The molecular formula is C24H40N2O7. The van der Waals surface area contributed by atoms with Crippen LogP contribution in [0.4, 0.5) is 4.79 Å². The van der Waals surface area contributed by atoms with Crippen molar-refractivity contribution in [3.05, 3.63) is 29.8 Å². The number of methoxy groups -OCH3 is 1. The zero-order valence-corrected chi connectivity index (χ0v) is 20.2. The van der Waals surface area contributed by atoms with Gasteiger partial charge in [-0.15, -0.1) is 0 Å². The molecule has 1 rings (SSSR count). The van der Waals surface area contributed by atoms with Crippen LogP contribution in [-0.4, -0.2) is 87.9 Å². The minimum Gasteiger partial charge on any atom is -0.492 e. The molecule has 1 aromatic rings. The van der Waals surface area contributed by atoms with E-state index in [0.29, 0.717) is 58.4 Å². The molecule has 0 bridgehead atoms. The van der Waals surface area contributed by atoms with Gasteiger partial charge in [-0.3, -0.25) is 0 Å². The van der Waals surface area contributed by atoms with Gasteiger partial charge >= 0.3 is 12.0 Å². The number of hydrogen-bond donors (Lipinski definition) is 2. The summed E-state index contributed by atoms with van der Waals surface area (Å²) in [6.45, 7) is 7.52. The Morgan fingerprint density at radius 2 is 1.76 bits per heavy atom. The fraction of sp³-hybridized carbons (Fsp3) is 0.667. The molecule has 0 aliphatic carbocycles. The lowest BCUT2D eigenvalue weighted by Crippen LogP contribution is -2.44. The first-order valence-corrected chi connectivity index (χ1v) is 11.7. The average Bonchev–Trinajstić information content (AvgIpc) is 2.80. The summed E-state index contributed by atoms with van der Waals surface area (Å²) < 4.78 is 21.7. The topological polar surface area (TPSA) is 107 Å². The Labute approximate surface area is 197 Å². The van der Waals surface area contributed by atoms with E-state index in [1.54, 1.807) is 31.1 Å². The van der Waals surface area contributed by atoms with Crippen LogP contribution in [0.25, 0.3) is 0 Å². The van der Waals surface area contributed by atoms with E-state index in [1.165, 1.54) is 0 Å². The van der Waals surface area contributed by atoms with Gasteiger partial charge in [-0.2, -0.15) is 0 Å². The zero-order chi connectivity index (χ0) is 24.3. The first kappa shape index (κ1) is 28.7. The molecule has 0 aliphatic rings. The third kappa shape index (κ3) is 13.1. The molecule has 2 amide bonds. The quantitative estimate of drug-likeness (QED) is 0.301. The van der Waals surface area contributed by atoms with E-state index in [4.69, 9.17) is 18.9 Å². The SMILES string of the molecule is CCCCCOCCN(CCOc1ccc(CC(OCC)C(=O)O)cc1)C(=O)NCCOC. The van der Waals surface area contributed by atoms with Crippen molar-refractivity contribution < 1.29 is 33.6 Å². The lowest BCUT2D eigenvalue weighted by Gasteiger charge is -2.23. The molecule has 0 saturated carbocycles. The van der Waals surface area contributed by atoms with Gasteiger partial charge in [0.05, 0.1) is 19.8 Å². The fourth-order valence-corrected chi connectivity index (χ4v) is 3.05. The third-order valence-electron chi connectivity index (χ3n) is 4.89. The highest BCUT2D eigenvalue weighted by molar-refractivity contribution is 5.74. The predicted molar refractivity (Wildman–Crippen MR) is 126 cm³/mol. The maximum Gasteiger partial charge on any atom is 0.333 e. The molecule has 1 atom stereocenters. The third-order valence-corrected chi connectivity index (χ3v) is 4.89. The zero-order valence-electron chi connectivity index (χ0n) is 20.2. The number of benzene rings is 1. The van der Waals surface area contributed by atoms with Crippen molar-refractivity contribution in [2.75, 3.05) is 59.8 Å². The van der Waals surface area contributed by atoms with Gasteiger partial charge in [0.2, 0.25) is 0 Å². The Hall–Kier alpha value is -2.36. The molecular weight excluding hydrogens is 428 g/mol. The minimum atomic E-state index is -0.976. The van der Waals surface area contributed by atoms with E-state index in [0.717, 1.165) is 24.8 Å². The second-order valence-electron chi connectivity index (χ2n) is 7.51. The molecule has 0 radical (unpaired) electrons. The van der Waals surface area contributed by atoms with E-state index in [1.807, 2.05) is 12.1 Å². The highest BCUT2D eigenvalue weighted by Crippen LogP contribution is 2.14. The Balaban J connectivity index is 2.50. The Kier molecular flexibility index (Phi) is 15.7. The van der Waals surface area contributed by atoms with Crippen molar-refractivity contribution in [3.63, 3.8) is 0 Å². The first-order chi connectivity index (χ1) is 16.0. The number of rotatable bonds is 19. The van der Waals surface area contributed by atoms with Crippen molar-refractivity contribution in [1.82, 2.24) is 10.2 Å². The van der Waals surface area contributed by atoms with Crippen LogP contribution in [-0.2, 0) is 25.4 Å². The number of carboxylic acid groups (broad SMARTS) is 1. The van der Waals surface area contributed by atoms with E-state index >= 15 is 0 Å². The molecule has 9 heteroatoms. The van der Waals surface area contributed by atoms with Crippen molar-refractivity contribution >= 4 is 12.0 Å². The van der Waals surface area contributed by atoms with Crippen molar-refractivity contribution in [2.45, 2.75) is 45.6 Å². The van der Waals surface area contributed by atoms with Gasteiger partial charge in [0.1, 0.15) is 12.4 Å². The molecule has 0 spiro atoms. The van der Waals surface area contributed by atoms with Crippen LogP contribution in [0, 0.1) is 0 Å². The summed E-state index contributed by atoms with van der Waals surface area (Å²) in [4.78, 5) is 25.4. The molecule has 0 fully saturated rings. The minimum absolute atomic E-state index is 0.182. The molecule has 1 unspecified atom stereocenters. The number of carbonyl (C=O) groups is 2. The second-order valence-corrected chi connectivity index (χ2v) is 7.51.